The van der Waals surface area contributed by atoms with E-state index in [2.05, 4.69) is 24.4 Å². The number of aromatic nitrogens is 1. The third kappa shape index (κ3) is 6.31. The van der Waals surface area contributed by atoms with Crippen molar-refractivity contribution in [2.75, 3.05) is 40.3 Å². The fourth-order valence-electron chi connectivity index (χ4n) is 1.94. The predicted octanol–water partition coefficient (Wildman–Crippen LogP) is 0.627. The second-order valence-electron chi connectivity index (χ2n) is 5.38. The smallest absolute Gasteiger partial charge is 0.252 e. The Morgan fingerprint density at radius 3 is 2.74 bits per heavy atom. The number of quaternary nitrogens is 1. The molecule has 1 aromatic rings. The van der Waals surface area contributed by atoms with E-state index in [-0.39, 0.29) is 5.91 Å². The molecule has 0 saturated carbocycles. The number of hydrogen-bond donors (Lipinski definition) is 2. The highest BCUT2D eigenvalue weighted by molar-refractivity contribution is 5.93. The van der Waals surface area contributed by atoms with Crippen molar-refractivity contribution in [1.29, 1.82) is 0 Å². The molecular formula is C14H25N4O+. The molecule has 5 heteroatoms. The van der Waals surface area contributed by atoms with Crippen LogP contribution in [0.15, 0.2) is 24.5 Å². The van der Waals surface area contributed by atoms with Gasteiger partial charge in [0.15, 0.2) is 0 Å². The first-order valence-corrected chi connectivity index (χ1v) is 6.75. The molecule has 0 aliphatic carbocycles. The summed E-state index contributed by atoms with van der Waals surface area (Å²) in [5.74, 6) is -0.0552. The zero-order chi connectivity index (χ0) is 14.1. The van der Waals surface area contributed by atoms with Gasteiger partial charge in [0.05, 0.1) is 32.7 Å². The number of pyridine rings is 1. The lowest BCUT2D eigenvalue weighted by atomic mass is 10.2. The average molecular weight is 265 g/mol. The molecule has 0 aromatic carbocycles. The summed E-state index contributed by atoms with van der Waals surface area (Å²) in [5.41, 5.74) is 6.13. The van der Waals surface area contributed by atoms with Crippen molar-refractivity contribution >= 4 is 5.91 Å². The van der Waals surface area contributed by atoms with E-state index in [1.165, 1.54) is 0 Å². The van der Waals surface area contributed by atoms with Crippen molar-refractivity contribution < 1.29 is 9.28 Å². The average Bonchev–Trinajstić information content (AvgIpc) is 2.42. The maximum absolute atomic E-state index is 11.8. The van der Waals surface area contributed by atoms with Gasteiger partial charge < -0.3 is 15.5 Å². The number of carbonyl (C=O) groups is 1. The Bertz CT molecular complexity index is 378. The highest BCUT2D eigenvalue weighted by Gasteiger charge is 2.13. The van der Waals surface area contributed by atoms with E-state index < -0.39 is 0 Å². The second-order valence-corrected chi connectivity index (χ2v) is 5.38. The SMILES string of the molecule is C[N+](C)(CCCN)CCCNC(=O)c1cccnc1. The Morgan fingerprint density at radius 2 is 2.11 bits per heavy atom. The maximum atomic E-state index is 11.8. The third-order valence-corrected chi connectivity index (χ3v) is 3.12. The summed E-state index contributed by atoms with van der Waals surface area (Å²) in [5, 5.41) is 2.91. The topological polar surface area (TPSA) is 68.0 Å². The molecule has 106 valence electrons. The number of rotatable bonds is 8. The largest absolute Gasteiger partial charge is 0.352 e. The van der Waals surface area contributed by atoms with Gasteiger partial charge in [-0.25, -0.2) is 0 Å². The third-order valence-electron chi connectivity index (χ3n) is 3.12. The van der Waals surface area contributed by atoms with Gasteiger partial charge in [0.25, 0.3) is 5.91 Å². The number of hydrogen-bond acceptors (Lipinski definition) is 3. The highest BCUT2D eigenvalue weighted by atomic mass is 16.1. The van der Waals surface area contributed by atoms with Gasteiger partial charge in [0.2, 0.25) is 0 Å². The Morgan fingerprint density at radius 1 is 1.37 bits per heavy atom. The molecular weight excluding hydrogens is 240 g/mol. The molecule has 0 aliphatic heterocycles. The summed E-state index contributed by atoms with van der Waals surface area (Å²) >= 11 is 0. The van der Waals surface area contributed by atoms with Gasteiger partial charge >= 0.3 is 0 Å². The van der Waals surface area contributed by atoms with Crippen LogP contribution in [0.1, 0.15) is 23.2 Å². The van der Waals surface area contributed by atoms with Crippen molar-refractivity contribution in [3.8, 4) is 0 Å². The van der Waals surface area contributed by atoms with Gasteiger partial charge in [0.1, 0.15) is 0 Å². The molecule has 0 spiro atoms. The molecule has 1 heterocycles. The van der Waals surface area contributed by atoms with E-state index >= 15 is 0 Å². The van der Waals surface area contributed by atoms with Crippen LogP contribution in [-0.2, 0) is 0 Å². The predicted molar refractivity (Wildman–Crippen MR) is 76.7 cm³/mol. The lowest BCUT2D eigenvalue weighted by Gasteiger charge is -2.29. The zero-order valence-electron chi connectivity index (χ0n) is 11.9. The van der Waals surface area contributed by atoms with E-state index in [1.54, 1.807) is 24.5 Å². The summed E-state index contributed by atoms with van der Waals surface area (Å²) in [4.78, 5) is 15.7. The first-order valence-electron chi connectivity index (χ1n) is 6.75. The Hall–Kier alpha value is -1.46. The van der Waals surface area contributed by atoms with Gasteiger partial charge in [0, 0.05) is 31.8 Å². The molecule has 1 amide bonds. The molecule has 5 nitrogen and oxygen atoms in total. The summed E-state index contributed by atoms with van der Waals surface area (Å²) < 4.78 is 0.944. The number of carbonyl (C=O) groups excluding carboxylic acids is 1. The lowest BCUT2D eigenvalue weighted by molar-refractivity contribution is -0.890. The number of nitrogens with zero attached hydrogens (tertiary/aromatic N) is 2. The molecule has 0 unspecified atom stereocenters. The van der Waals surface area contributed by atoms with E-state index in [9.17, 15) is 4.79 Å². The summed E-state index contributed by atoms with van der Waals surface area (Å²) in [6, 6.07) is 3.53. The van der Waals surface area contributed by atoms with Gasteiger partial charge in [-0.15, -0.1) is 0 Å². The van der Waals surface area contributed by atoms with Crippen LogP contribution in [0, 0.1) is 0 Å². The van der Waals surface area contributed by atoms with E-state index in [4.69, 9.17) is 5.73 Å². The van der Waals surface area contributed by atoms with Crippen molar-refractivity contribution in [3.05, 3.63) is 30.1 Å². The number of nitrogens with two attached hydrogens (primary N) is 1. The van der Waals surface area contributed by atoms with Gasteiger partial charge in [-0.05, 0) is 18.7 Å². The van der Waals surface area contributed by atoms with Crippen LogP contribution in [0.3, 0.4) is 0 Å². The Kier molecular flexibility index (Phi) is 6.45. The standard InChI is InChI=1S/C14H24N4O/c1-18(2,10-4-7-15)11-5-9-17-14(19)13-6-3-8-16-12-13/h3,6,8,12H,4-5,7,9-11,15H2,1-2H3/p+1. The van der Waals surface area contributed by atoms with Crippen LogP contribution in [0.2, 0.25) is 0 Å². The lowest BCUT2D eigenvalue weighted by Crippen LogP contribution is -2.43. The highest BCUT2D eigenvalue weighted by Crippen LogP contribution is 2.01. The van der Waals surface area contributed by atoms with Crippen molar-refractivity contribution in [3.63, 3.8) is 0 Å². The fraction of sp³-hybridized carbons (Fsp3) is 0.571. The summed E-state index contributed by atoms with van der Waals surface area (Å²) in [7, 11) is 4.39. The molecule has 19 heavy (non-hydrogen) atoms. The molecule has 1 rings (SSSR count). The molecule has 0 aliphatic rings. The first kappa shape index (κ1) is 15.6. The molecule has 3 N–H and O–H groups in total. The zero-order valence-corrected chi connectivity index (χ0v) is 11.9. The van der Waals surface area contributed by atoms with Crippen molar-refractivity contribution in [1.82, 2.24) is 10.3 Å². The minimum atomic E-state index is -0.0552. The summed E-state index contributed by atoms with van der Waals surface area (Å²) in [6.07, 6.45) is 5.24. The minimum absolute atomic E-state index is 0.0552. The quantitative estimate of drug-likeness (QED) is 0.535. The maximum Gasteiger partial charge on any atom is 0.252 e. The van der Waals surface area contributed by atoms with Crippen LogP contribution in [0.5, 0.6) is 0 Å². The van der Waals surface area contributed by atoms with Crippen LogP contribution < -0.4 is 11.1 Å². The fourth-order valence-corrected chi connectivity index (χ4v) is 1.94. The molecule has 0 fully saturated rings. The van der Waals surface area contributed by atoms with E-state index in [0.717, 1.165) is 37.0 Å². The van der Waals surface area contributed by atoms with Gasteiger partial charge in [-0.3, -0.25) is 9.78 Å². The molecule has 1 aromatic heterocycles. The monoisotopic (exact) mass is 265 g/mol. The van der Waals surface area contributed by atoms with Crippen LogP contribution in [0.25, 0.3) is 0 Å². The van der Waals surface area contributed by atoms with Gasteiger partial charge in [-0.2, -0.15) is 0 Å². The van der Waals surface area contributed by atoms with Gasteiger partial charge in [-0.1, -0.05) is 0 Å². The van der Waals surface area contributed by atoms with Crippen LogP contribution >= 0.6 is 0 Å². The Labute approximate surface area is 115 Å². The van der Waals surface area contributed by atoms with Crippen molar-refractivity contribution in [2.45, 2.75) is 12.8 Å². The molecule has 0 saturated heterocycles. The normalized spacial score (nSPS) is 11.3. The number of amides is 1. The summed E-state index contributed by atoms with van der Waals surface area (Å²) in [6.45, 7) is 3.54. The van der Waals surface area contributed by atoms with Crippen LogP contribution in [0.4, 0.5) is 0 Å². The van der Waals surface area contributed by atoms with Crippen molar-refractivity contribution in [2.24, 2.45) is 5.73 Å². The second kappa shape index (κ2) is 7.86. The number of nitrogens with one attached hydrogen (secondary N) is 1. The first-order chi connectivity index (χ1) is 9.05. The molecule has 0 atom stereocenters. The van der Waals surface area contributed by atoms with E-state index in [1.807, 2.05) is 0 Å². The molecule has 0 radical (unpaired) electrons. The molecule has 0 bridgehead atoms. The minimum Gasteiger partial charge on any atom is -0.352 e. The Balaban J connectivity index is 2.22. The van der Waals surface area contributed by atoms with E-state index in [0.29, 0.717) is 12.1 Å². The van der Waals surface area contributed by atoms with Crippen LogP contribution in [-0.4, -0.2) is 55.6 Å².